The van der Waals surface area contributed by atoms with Crippen LogP contribution in [0, 0.1) is 6.92 Å². The minimum absolute atomic E-state index is 0.185. The van der Waals surface area contributed by atoms with Crippen molar-refractivity contribution in [3.05, 3.63) is 68.9 Å². The Balaban J connectivity index is 1.46. The summed E-state index contributed by atoms with van der Waals surface area (Å²) < 4.78 is 13.2. The van der Waals surface area contributed by atoms with Crippen LogP contribution < -0.4 is 9.47 Å². The zero-order valence-electron chi connectivity index (χ0n) is 14.2. The van der Waals surface area contributed by atoms with E-state index in [0.29, 0.717) is 33.2 Å². The number of hydrogen-bond acceptors (Lipinski definition) is 6. The van der Waals surface area contributed by atoms with Crippen LogP contribution in [-0.4, -0.2) is 19.8 Å². The standard InChI is InChI=1S/C18H14Cl2N4O2S/c1-11-4-2-3-5-14(11)26-10-17-23-24-16(21-22-18(24)27-17)9-25-15-7-6-12(19)8-13(15)20/h2-8H,9-10H2,1H3. The smallest absolute Gasteiger partial charge is 0.234 e. The number of ether oxygens (including phenoxy) is 2. The molecule has 9 heteroatoms. The Hall–Kier alpha value is -2.35. The van der Waals surface area contributed by atoms with Crippen molar-refractivity contribution in [3.63, 3.8) is 0 Å². The molecule has 4 aromatic rings. The number of benzene rings is 2. The molecule has 0 aliphatic carbocycles. The van der Waals surface area contributed by atoms with E-state index in [9.17, 15) is 0 Å². The number of hydrogen-bond donors (Lipinski definition) is 0. The molecule has 0 saturated heterocycles. The van der Waals surface area contributed by atoms with Gasteiger partial charge in [0.1, 0.15) is 24.7 Å². The molecular weight excluding hydrogens is 407 g/mol. The molecule has 0 saturated carbocycles. The highest BCUT2D eigenvalue weighted by molar-refractivity contribution is 7.16. The van der Waals surface area contributed by atoms with Crippen molar-refractivity contribution in [2.75, 3.05) is 0 Å². The minimum Gasteiger partial charge on any atom is -0.486 e. The summed E-state index contributed by atoms with van der Waals surface area (Å²) in [5.74, 6) is 1.94. The molecule has 27 heavy (non-hydrogen) atoms. The average Bonchev–Trinajstić information content (AvgIpc) is 3.21. The summed E-state index contributed by atoms with van der Waals surface area (Å²) in [5.41, 5.74) is 1.08. The fourth-order valence-electron chi connectivity index (χ4n) is 2.44. The van der Waals surface area contributed by atoms with Crippen LogP contribution >= 0.6 is 34.5 Å². The SMILES string of the molecule is Cc1ccccc1OCc1nn2c(COc3ccc(Cl)cc3Cl)nnc2s1. The molecule has 2 heterocycles. The van der Waals surface area contributed by atoms with E-state index in [1.807, 2.05) is 31.2 Å². The first-order valence-corrected chi connectivity index (χ1v) is 9.63. The summed E-state index contributed by atoms with van der Waals surface area (Å²) in [6, 6.07) is 12.9. The molecule has 0 spiro atoms. The molecule has 0 N–H and O–H groups in total. The maximum Gasteiger partial charge on any atom is 0.234 e. The van der Waals surface area contributed by atoms with E-state index in [4.69, 9.17) is 32.7 Å². The second kappa shape index (κ2) is 7.72. The van der Waals surface area contributed by atoms with E-state index in [-0.39, 0.29) is 6.61 Å². The van der Waals surface area contributed by atoms with Gasteiger partial charge in [0.25, 0.3) is 0 Å². The van der Waals surface area contributed by atoms with Crippen LogP contribution in [-0.2, 0) is 13.2 Å². The lowest BCUT2D eigenvalue weighted by Crippen LogP contribution is -2.04. The Morgan fingerprint density at radius 3 is 2.63 bits per heavy atom. The predicted molar refractivity (Wildman–Crippen MR) is 105 cm³/mol. The third-order valence-corrected chi connectivity index (χ3v) is 5.20. The first kappa shape index (κ1) is 18.0. The molecule has 4 rings (SSSR count). The summed E-state index contributed by atoms with van der Waals surface area (Å²) in [4.78, 5) is 0.680. The van der Waals surface area contributed by atoms with Gasteiger partial charge in [0.05, 0.1) is 5.02 Å². The van der Waals surface area contributed by atoms with Crippen molar-refractivity contribution in [2.24, 2.45) is 0 Å². The number of fused-ring (bicyclic) bond motifs is 1. The predicted octanol–water partition coefficient (Wildman–Crippen LogP) is 4.96. The summed E-state index contributed by atoms with van der Waals surface area (Å²) >= 11 is 13.4. The molecule has 0 aliphatic rings. The lowest BCUT2D eigenvalue weighted by Gasteiger charge is -2.07. The summed E-state index contributed by atoms with van der Waals surface area (Å²) in [7, 11) is 0. The van der Waals surface area contributed by atoms with E-state index in [1.165, 1.54) is 11.3 Å². The third-order valence-electron chi connectivity index (χ3n) is 3.79. The Morgan fingerprint density at radius 2 is 1.81 bits per heavy atom. The summed E-state index contributed by atoms with van der Waals surface area (Å²) in [6.07, 6.45) is 0. The largest absolute Gasteiger partial charge is 0.486 e. The minimum atomic E-state index is 0.185. The van der Waals surface area contributed by atoms with Gasteiger partial charge in [-0.15, -0.1) is 10.2 Å². The zero-order chi connectivity index (χ0) is 18.8. The number of aryl methyl sites for hydroxylation is 1. The summed E-state index contributed by atoms with van der Waals surface area (Å²) in [5, 5.41) is 14.6. The monoisotopic (exact) mass is 420 g/mol. The van der Waals surface area contributed by atoms with Crippen molar-refractivity contribution in [3.8, 4) is 11.5 Å². The first-order valence-electron chi connectivity index (χ1n) is 8.06. The van der Waals surface area contributed by atoms with Crippen LogP contribution in [0.4, 0.5) is 0 Å². The Morgan fingerprint density at radius 1 is 1.00 bits per heavy atom. The highest BCUT2D eigenvalue weighted by Gasteiger charge is 2.14. The van der Waals surface area contributed by atoms with Gasteiger partial charge in [-0.05, 0) is 36.8 Å². The van der Waals surface area contributed by atoms with Gasteiger partial charge in [0.2, 0.25) is 4.96 Å². The number of para-hydroxylation sites is 1. The van der Waals surface area contributed by atoms with Crippen molar-refractivity contribution < 1.29 is 9.47 Å². The van der Waals surface area contributed by atoms with E-state index in [2.05, 4.69) is 15.3 Å². The van der Waals surface area contributed by atoms with Crippen LogP contribution in [0.15, 0.2) is 42.5 Å². The second-order valence-corrected chi connectivity index (χ2v) is 7.61. The van der Waals surface area contributed by atoms with Crippen LogP contribution in [0.2, 0.25) is 10.0 Å². The van der Waals surface area contributed by atoms with Crippen molar-refractivity contribution in [2.45, 2.75) is 20.1 Å². The molecule has 6 nitrogen and oxygen atoms in total. The van der Waals surface area contributed by atoms with E-state index < -0.39 is 0 Å². The molecule has 138 valence electrons. The molecule has 2 aromatic carbocycles. The highest BCUT2D eigenvalue weighted by Crippen LogP contribution is 2.28. The highest BCUT2D eigenvalue weighted by atomic mass is 35.5. The Bertz CT molecular complexity index is 1100. The van der Waals surface area contributed by atoms with Crippen molar-refractivity contribution >= 4 is 39.5 Å². The van der Waals surface area contributed by atoms with E-state index in [1.54, 1.807) is 22.7 Å². The number of rotatable bonds is 6. The number of nitrogens with zero attached hydrogens (tertiary/aromatic N) is 4. The van der Waals surface area contributed by atoms with Crippen molar-refractivity contribution in [1.29, 1.82) is 0 Å². The van der Waals surface area contributed by atoms with Gasteiger partial charge in [0.15, 0.2) is 10.8 Å². The molecule has 0 fully saturated rings. The maximum absolute atomic E-state index is 6.12. The molecule has 0 bridgehead atoms. The van der Waals surface area contributed by atoms with Gasteiger partial charge in [-0.2, -0.15) is 9.61 Å². The van der Waals surface area contributed by atoms with Crippen LogP contribution in [0.25, 0.3) is 4.96 Å². The lowest BCUT2D eigenvalue weighted by molar-refractivity contribution is 0.290. The molecule has 0 radical (unpaired) electrons. The van der Waals surface area contributed by atoms with E-state index >= 15 is 0 Å². The van der Waals surface area contributed by atoms with Gasteiger partial charge < -0.3 is 9.47 Å². The number of halogens is 2. The second-order valence-electron chi connectivity index (χ2n) is 5.72. The van der Waals surface area contributed by atoms with Gasteiger partial charge in [-0.25, -0.2) is 0 Å². The van der Waals surface area contributed by atoms with E-state index in [0.717, 1.165) is 16.3 Å². The quantitative estimate of drug-likeness (QED) is 0.441. The fourth-order valence-corrected chi connectivity index (χ4v) is 3.67. The average molecular weight is 421 g/mol. The van der Waals surface area contributed by atoms with Gasteiger partial charge in [0, 0.05) is 5.02 Å². The molecular formula is C18H14Cl2N4O2S. The number of aromatic nitrogens is 4. The Kier molecular flexibility index (Phi) is 5.15. The molecule has 0 unspecified atom stereocenters. The maximum atomic E-state index is 6.12. The van der Waals surface area contributed by atoms with Crippen molar-refractivity contribution in [1.82, 2.24) is 19.8 Å². The molecule has 0 amide bonds. The van der Waals surface area contributed by atoms with Crippen LogP contribution in [0.3, 0.4) is 0 Å². The summed E-state index contributed by atoms with van der Waals surface area (Å²) in [6.45, 7) is 2.55. The van der Waals surface area contributed by atoms with Crippen LogP contribution in [0.5, 0.6) is 11.5 Å². The van der Waals surface area contributed by atoms with Crippen LogP contribution in [0.1, 0.15) is 16.4 Å². The third kappa shape index (κ3) is 4.00. The molecule has 0 atom stereocenters. The van der Waals surface area contributed by atoms with Gasteiger partial charge >= 0.3 is 0 Å². The topological polar surface area (TPSA) is 61.5 Å². The molecule has 0 aliphatic heterocycles. The lowest BCUT2D eigenvalue weighted by atomic mass is 10.2. The Labute approximate surface area is 169 Å². The van der Waals surface area contributed by atoms with Gasteiger partial charge in [-0.1, -0.05) is 52.7 Å². The molecule has 2 aromatic heterocycles. The normalized spacial score (nSPS) is 11.1. The fraction of sp³-hybridized carbons (Fsp3) is 0.167. The van der Waals surface area contributed by atoms with Gasteiger partial charge in [-0.3, -0.25) is 0 Å². The first-order chi connectivity index (χ1) is 13.1. The zero-order valence-corrected chi connectivity index (χ0v) is 16.6.